The molecule has 0 aliphatic heterocycles. The van der Waals surface area contributed by atoms with E-state index in [-0.39, 0.29) is 17.6 Å². The summed E-state index contributed by atoms with van der Waals surface area (Å²) in [6.07, 6.45) is 0.797. The summed E-state index contributed by atoms with van der Waals surface area (Å²) >= 11 is 0. The largest absolute Gasteiger partial charge is 0.508 e. The second-order valence-electron chi connectivity index (χ2n) is 5.11. The number of aromatic hydroxyl groups is 1. The van der Waals surface area contributed by atoms with Crippen LogP contribution in [0.15, 0.2) is 24.3 Å². The van der Waals surface area contributed by atoms with Gasteiger partial charge in [0.1, 0.15) is 5.75 Å². The van der Waals surface area contributed by atoms with E-state index in [1.807, 2.05) is 31.1 Å². The summed E-state index contributed by atoms with van der Waals surface area (Å²) in [4.78, 5) is 13.6. The van der Waals surface area contributed by atoms with Crippen molar-refractivity contribution in [3.63, 3.8) is 0 Å². The predicted molar refractivity (Wildman–Crippen MR) is 65.6 cm³/mol. The molecule has 1 amide bonds. The predicted octanol–water partition coefficient (Wildman–Crippen LogP) is 0.913. The molecule has 0 radical (unpaired) electrons. The number of primary amides is 1. The van der Waals surface area contributed by atoms with Gasteiger partial charge < -0.3 is 15.7 Å². The Morgan fingerprint density at radius 2 is 2.06 bits per heavy atom. The molecule has 2 unspecified atom stereocenters. The van der Waals surface area contributed by atoms with E-state index in [4.69, 9.17) is 5.73 Å². The van der Waals surface area contributed by atoms with E-state index in [0.29, 0.717) is 6.54 Å². The summed E-state index contributed by atoms with van der Waals surface area (Å²) in [6.45, 7) is 0.674. The Labute approximate surface area is 101 Å². The van der Waals surface area contributed by atoms with Crippen LogP contribution in [0.25, 0.3) is 0 Å². The third-order valence-corrected chi connectivity index (χ3v) is 3.46. The number of carbonyl (C=O) groups excluding carboxylic acids is 1. The molecular formula is C13H18N2O2. The van der Waals surface area contributed by atoms with Crippen LogP contribution in [0.1, 0.15) is 17.9 Å². The van der Waals surface area contributed by atoms with Crippen LogP contribution in [0.5, 0.6) is 5.75 Å². The summed E-state index contributed by atoms with van der Waals surface area (Å²) < 4.78 is 0. The van der Waals surface area contributed by atoms with Crippen LogP contribution in [-0.2, 0) is 4.79 Å². The van der Waals surface area contributed by atoms with Gasteiger partial charge in [0.25, 0.3) is 0 Å². The Morgan fingerprint density at radius 1 is 1.47 bits per heavy atom. The molecule has 4 nitrogen and oxygen atoms in total. The van der Waals surface area contributed by atoms with E-state index < -0.39 is 5.41 Å². The minimum absolute atomic E-state index is 0.183. The molecule has 0 aromatic heterocycles. The van der Waals surface area contributed by atoms with Crippen molar-refractivity contribution in [2.45, 2.75) is 12.3 Å². The lowest BCUT2D eigenvalue weighted by molar-refractivity contribution is -0.123. The highest BCUT2D eigenvalue weighted by molar-refractivity contribution is 5.86. The van der Waals surface area contributed by atoms with Crippen molar-refractivity contribution >= 4 is 5.91 Å². The first kappa shape index (κ1) is 11.9. The average Bonchev–Trinajstić information content (AvgIpc) is 2.94. The Balaban J connectivity index is 2.20. The van der Waals surface area contributed by atoms with Crippen LogP contribution in [-0.4, -0.2) is 36.6 Å². The lowest BCUT2D eigenvalue weighted by Crippen LogP contribution is -2.35. The van der Waals surface area contributed by atoms with Crippen LogP contribution in [0, 0.1) is 5.41 Å². The number of carbonyl (C=O) groups is 1. The third kappa shape index (κ3) is 2.13. The molecule has 0 bridgehead atoms. The van der Waals surface area contributed by atoms with Crippen LogP contribution in [0.3, 0.4) is 0 Å². The zero-order chi connectivity index (χ0) is 12.6. The van der Waals surface area contributed by atoms with Crippen LogP contribution in [0.2, 0.25) is 0 Å². The maximum atomic E-state index is 11.6. The van der Waals surface area contributed by atoms with Gasteiger partial charge in [0, 0.05) is 12.5 Å². The minimum atomic E-state index is -0.430. The Morgan fingerprint density at radius 3 is 2.53 bits per heavy atom. The van der Waals surface area contributed by atoms with Gasteiger partial charge in [-0.2, -0.15) is 0 Å². The molecule has 92 valence electrons. The lowest BCUT2D eigenvalue weighted by atomic mass is 9.97. The van der Waals surface area contributed by atoms with E-state index in [1.54, 1.807) is 12.1 Å². The Hall–Kier alpha value is -1.55. The molecule has 3 N–H and O–H groups in total. The van der Waals surface area contributed by atoms with Crippen molar-refractivity contribution in [2.75, 3.05) is 20.6 Å². The molecule has 1 aliphatic carbocycles. The Kier molecular flexibility index (Phi) is 2.83. The van der Waals surface area contributed by atoms with E-state index in [2.05, 4.69) is 0 Å². The van der Waals surface area contributed by atoms with Crippen molar-refractivity contribution in [2.24, 2.45) is 11.1 Å². The standard InChI is InChI=1S/C13H18N2O2/c1-15(2)8-13(12(14)17)7-11(13)9-3-5-10(16)6-4-9/h3-6,11,16H,7-8H2,1-2H3,(H2,14,17). The molecule has 1 fully saturated rings. The number of hydrogen-bond donors (Lipinski definition) is 2. The highest BCUT2D eigenvalue weighted by Crippen LogP contribution is 2.59. The zero-order valence-electron chi connectivity index (χ0n) is 10.2. The molecule has 0 heterocycles. The van der Waals surface area contributed by atoms with Gasteiger partial charge in [0.15, 0.2) is 0 Å². The highest BCUT2D eigenvalue weighted by atomic mass is 16.3. The maximum Gasteiger partial charge on any atom is 0.225 e. The van der Waals surface area contributed by atoms with Crippen molar-refractivity contribution in [1.29, 1.82) is 0 Å². The lowest BCUT2D eigenvalue weighted by Gasteiger charge is -2.18. The van der Waals surface area contributed by atoms with Gasteiger partial charge in [-0.3, -0.25) is 4.79 Å². The summed E-state index contributed by atoms with van der Waals surface area (Å²) in [5.74, 6) is 0.193. The van der Waals surface area contributed by atoms with Gasteiger partial charge in [-0.1, -0.05) is 12.1 Å². The first-order valence-electron chi connectivity index (χ1n) is 5.69. The molecule has 1 saturated carbocycles. The topological polar surface area (TPSA) is 66.6 Å². The quantitative estimate of drug-likeness (QED) is 0.814. The summed E-state index contributed by atoms with van der Waals surface area (Å²) in [5, 5.41) is 9.24. The van der Waals surface area contributed by atoms with Gasteiger partial charge >= 0.3 is 0 Å². The summed E-state index contributed by atoms with van der Waals surface area (Å²) in [5.41, 5.74) is 6.17. The fourth-order valence-electron chi connectivity index (χ4n) is 2.54. The smallest absolute Gasteiger partial charge is 0.225 e. The second-order valence-corrected chi connectivity index (χ2v) is 5.11. The van der Waals surface area contributed by atoms with E-state index in [0.717, 1.165) is 12.0 Å². The highest BCUT2D eigenvalue weighted by Gasteiger charge is 2.59. The average molecular weight is 234 g/mol. The number of benzene rings is 1. The van der Waals surface area contributed by atoms with Crippen molar-refractivity contribution < 1.29 is 9.90 Å². The normalized spacial score (nSPS) is 27.1. The zero-order valence-corrected chi connectivity index (χ0v) is 10.2. The number of rotatable bonds is 4. The van der Waals surface area contributed by atoms with Crippen molar-refractivity contribution in [1.82, 2.24) is 4.90 Å². The first-order valence-corrected chi connectivity index (χ1v) is 5.69. The molecule has 1 aromatic rings. The number of phenols is 1. The first-order chi connectivity index (χ1) is 7.95. The van der Waals surface area contributed by atoms with Gasteiger partial charge in [-0.25, -0.2) is 0 Å². The van der Waals surface area contributed by atoms with Gasteiger partial charge in [0.05, 0.1) is 5.41 Å². The number of amides is 1. The van der Waals surface area contributed by atoms with Crippen LogP contribution >= 0.6 is 0 Å². The second kappa shape index (κ2) is 4.04. The summed E-state index contributed by atoms with van der Waals surface area (Å²) in [6, 6.07) is 7.02. The van der Waals surface area contributed by atoms with Crippen molar-refractivity contribution in [3.05, 3.63) is 29.8 Å². The minimum Gasteiger partial charge on any atom is -0.508 e. The number of hydrogen-bond acceptors (Lipinski definition) is 3. The van der Waals surface area contributed by atoms with Gasteiger partial charge in [0.2, 0.25) is 5.91 Å². The van der Waals surface area contributed by atoms with E-state index in [9.17, 15) is 9.90 Å². The SMILES string of the molecule is CN(C)CC1(C(N)=O)CC1c1ccc(O)cc1. The van der Waals surface area contributed by atoms with E-state index in [1.165, 1.54) is 0 Å². The van der Waals surface area contributed by atoms with Gasteiger partial charge in [-0.05, 0) is 38.2 Å². The summed E-state index contributed by atoms with van der Waals surface area (Å²) in [7, 11) is 3.88. The monoisotopic (exact) mass is 234 g/mol. The molecule has 2 atom stereocenters. The maximum absolute atomic E-state index is 11.6. The molecule has 2 rings (SSSR count). The third-order valence-electron chi connectivity index (χ3n) is 3.46. The molecule has 0 saturated heterocycles. The molecule has 17 heavy (non-hydrogen) atoms. The molecule has 0 spiro atoms. The molecule has 1 aromatic carbocycles. The van der Waals surface area contributed by atoms with E-state index >= 15 is 0 Å². The fraction of sp³-hybridized carbons (Fsp3) is 0.462. The Bertz CT molecular complexity index is 428. The number of nitrogens with zero attached hydrogens (tertiary/aromatic N) is 1. The fourth-order valence-corrected chi connectivity index (χ4v) is 2.54. The number of phenolic OH excluding ortho intramolecular Hbond substituents is 1. The molecule has 4 heteroatoms. The molecule has 1 aliphatic rings. The van der Waals surface area contributed by atoms with Gasteiger partial charge in [-0.15, -0.1) is 0 Å². The van der Waals surface area contributed by atoms with Crippen LogP contribution < -0.4 is 5.73 Å². The number of nitrogens with two attached hydrogens (primary N) is 1. The molecular weight excluding hydrogens is 216 g/mol. The van der Waals surface area contributed by atoms with Crippen molar-refractivity contribution in [3.8, 4) is 5.75 Å². The van der Waals surface area contributed by atoms with Crippen LogP contribution in [0.4, 0.5) is 0 Å².